The van der Waals surface area contributed by atoms with E-state index in [1.165, 1.54) is 12.1 Å². The molecule has 2 N–H and O–H groups in total. The van der Waals surface area contributed by atoms with Crippen molar-refractivity contribution in [2.45, 2.75) is 50.7 Å². The maximum atomic E-state index is 14.6. The van der Waals surface area contributed by atoms with Crippen LogP contribution in [0.3, 0.4) is 0 Å². The lowest BCUT2D eigenvalue weighted by atomic mass is 9.88. The largest absolute Gasteiger partial charge is 0.363 e. The molecule has 1 aliphatic heterocycles. The zero-order valence-corrected chi connectivity index (χ0v) is 18.2. The first-order valence-electron chi connectivity index (χ1n) is 10.5. The van der Waals surface area contributed by atoms with Crippen molar-refractivity contribution in [3.05, 3.63) is 51.7 Å². The minimum atomic E-state index is -2.91. The molecule has 2 aromatic rings. The fourth-order valence-corrected chi connectivity index (χ4v) is 4.48. The van der Waals surface area contributed by atoms with Gasteiger partial charge in [0.1, 0.15) is 11.6 Å². The number of halogens is 5. The molecule has 2 atom stereocenters. The van der Waals surface area contributed by atoms with E-state index in [0.29, 0.717) is 25.1 Å². The first kappa shape index (κ1) is 22.9. The fourth-order valence-electron chi connectivity index (χ4n) is 4.30. The highest BCUT2D eigenvalue weighted by molar-refractivity contribution is 6.28. The number of Topliss-reactive ketones (excluding diaryl/α,β-unsaturated/α-hetero) is 1. The number of nitrogens with zero attached hydrogens (tertiary/aromatic N) is 2. The number of aromatic nitrogens is 2. The molecule has 0 spiro atoms. The third-order valence-electron chi connectivity index (χ3n) is 6.24. The van der Waals surface area contributed by atoms with Gasteiger partial charge in [0, 0.05) is 30.6 Å². The Bertz CT molecular complexity index is 1030. The molecule has 2 aliphatic rings. The summed E-state index contributed by atoms with van der Waals surface area (Å²) in [5.41, 5.74) is -0.801. The van der Waals surface area contributed by atoms with E-state index in [4.69, 9.17) is 11.6 Å². The van der Waals surface area contributed by atoms with Gasteiger partial charge in [-0.25, -0.2) is 27.5 Å². The maximum Gasteiger partial charge on any atom is 0.266 e. The molecule has 172 valence electrons. The predicted octanol–water partition coefficient (Wildman–Crippen LogP) is 4.76. The predicted molar refractivity (Wildman–Crippen MR) is 112 cm³/mol. The van der Waals surface area contributed by atoms with E-state index >= 15 is 0 Å². The number of nitrogens with one attached hydrogen (secondary N) is 2. The van der Waals surface area contributed by atoms with Gasteiger partial charge in [-0.1, -0.05) is 18.2 Å². The number of hydrogen-bond acceptors (Lipinski definition) is 5. The third kappa shape index (κ3) is 4.45. The zero-order chi connectivity index (χ0) is 23.0. The lowest BCUT2D eigenvalue weighted by molar-refractivity contribution is -0.134. The summed E-state index contributed by atoms with van der Waals surface area (Å²) in [7, 11) is 0. The van der Waals surface area contributed by atoms with E-state index in [1.807, 2.05) is 0 Å². The normalized spacial score (nSPS) is 20.0. The molecule has 10 heteroatoms. The summed E-state index contributed by atoms with van der Waals surface area (Å²) in [6.45, 7) is 1.77. The van der Waals surface area contributed by atoms with Crippen LogP contribution in [-0.4, -0.2) is 34.5 Å². The molecule has 4 rings (SSSR count). The van der Waals surface area contributed by atoms with Crippen molar-refractivity contribution in [3.8, 4) is 0 Å². The second kappa shape index (κ2) is 8.94. The monoisotopic (exact) mass is 470 g/mol. The number of carbonyl (C=O) groups excluding carboxylic acids is 1. The number of rotatable bonds is 8. The van der Waals surface area contributed by atoms with E-state index in [1.54, 1.807) is 6.92 Å². The van der Waals surface area contributed by atoms with E-state index in [2.05, 4.69) is 20.6 Å². The topological polar surface area (TPSA) is 66.9 Å². The average Bonchev–Trinajstić information content (AvgIpc) is 3.13. The van der Waals surface area contributed by atoms with Crippen molar-refractivity contribution in [3.63, 3.8) is 0 Å². The third-order valence-corrected chi connectivity index (χ3v) is 6.41. The summed E-state index contributed by atoms with van der Waals surface area (Å²) in [4.78, 5) is 20.6. The number of hydrogen-bond donors (Lipinski definition) is 2. The smallest absolute Gasteiger partial charge is 0.266 e. The van der Waals surface area contributed by atoms with Crippen LogP contribution in [0.25, 0.3) is 0 Å². The summed E-state index contributed by atoms with van der Waals surface area (Å²) in [5, 5.41) is 5.87. The van der Waals surface area contributed by atoms with Gasteiger partial charge in [0.15, 0.2) is 11.5 Å². The van der Waals surface area contributed by atoms with Gasteiger partial charge in [-0.05, 0) is 43.7 Å². The second-order valence-corrected chi connectivity index (χ2v) is 8.83. The minimum Gasteiger partial charge on any atom is -0.363 e. The van der Waals surface area contributed by atoms with E-state index in [-0.39, 0.29) is 36.3 Å². The first-order chi connectivity index (χ1) is 15.2. The van der Waals surface area contributed by atoms with Gasteiger partial charge >= 0.3 is 0 Å². The highest BCUT2D eigenvalue weighted by Crippen LogP contribution is 2.36. The Morgan fingerprint density at radius 3 is 2.66 bits per heavy atom. The van der Waals surface area contributed by atoms with Gasteiger partial charge < -0.3 is 10.6 Å². The number of benzene rings is 1. The van der Waals surface area contributed by atoms with Crippen LogP contribution >= 0.6 is 11.6 Å². The molecular weight excluding hydrogens is 448 g/mol. The fraction of sp³-hybridized carbons (Fsp3) is 0.500. The minimum absolute atomic E-state index is 0.0141. The molecular formula is C22H23ClF4N4O. The molecule has 0 radical (unpaired) electrons. The van der Waals surface area contributed by atoms with E-state index in [9.17, 15) is 22.4 Å². The SMILES string of the molecule is C[C@@H](Nc1nc(Cl)nc2c1CC(CCC(=O)C1(F)CNC1)C2)c1cccc(C(F)F)c1F. The molecule has 1 aliphatic carbocycles. The van der Waals surface area contributed by atoms with Crippen molar-refractivity contribution in [2.24, 2.45) is 5.92 Å². The Balaban J connectivity index is 1.47. The number of fused-ring (bicyclic) bond motifs is 1. The first-order valence-corrected chi connectivity index (χ1v) is 10.9. The van der Waals surface area contributed by atoms with Crippen molar-refractivity contribution >= 4 is 23.2 Å². The molecule has 0 saturated carbocycles. The number of ketones is 1. The number of anilines is 1. The molecule has 1 fully saturated rings. The van der Waals surface area contributed by atoms with Crippen LogP contribution in [0.4, 0.5) is 23.4 Å². The summed E-state index contributed by atoms with van der Waals surface area (Å²) in [5.74, 6) is -0.861. The van der Waals surface area contributed by atoms with E-state index < -0.39 is 35.3 Å². The summed E-state index contributed by atoms with van der Waals surface area (Å²) >= 11 is 6.07. The molecule has 1 unspecified atom stereocenters. The molecule has 1 saturated heterocycles. The Morgan fingerprint density at radius 1 is 1.28 bits per heavy atom. The van der Waals surface area contributed by atoms with Gasteiger partial charge in [-0.15, -0.1) is 0 Å². The lowest BCUT2D eigenvalue weighted by Gasteiger charge is -2.33. The highest BCUT2D eigenvalue weighted by Gasteiger charge is 2.44. The molecule has 5 nitrogen and oxygen atoms in total. The van der Waals surface area contributed by atoms with Crippen LogP contribution in [-0.2, 0) is 17.6 Å². The van der Waals surface area contributed by atoms with Crippen molar-refractivity contribution in [1.82, 2.24) is 15.3 Å². The molecule has 2 heterocycles. The van der Waals surface area contributed by atoms with Gasteiger partial charge in [0.25, 0.3) is 6.43 Å². The Morgan fingerprint density at radius 2 is 2.00 bits per heavy atom. The second-order valence-electron chi connectivity index (χ2n) is 8.49. The van der Waals surface area contributed by atoms with Crippen molar-refractivity contribution in [1.29, 1.82) is 0 Å². The highest BCUT2D eigenvalue weighted by atomic mass is 35.5. The molecule has 0 amide bonds. The van der Waals surface area contributed by atoms with Crippen LogP contribution in [0.15, 0.2) is 18.2 Å². The van der Waals surface area contributed by atoms with Crippen LogP contribution in [0.1, 0.15) is 54.6 Å². The van der Waals surface area contributed by atoms with Crippen molar-refractivity contribution in [2.75, 3.05) is 18.4 Å². The Hall–Kier alpha value is -2.26. The maximum absolute atomic E-state index is 14.6. The summed E-state index contributed by atoms with van der Waals surface area (Å²) in [6.07, 6.45) is -1.13. The van der Waals surface area contributed by atoms with Crippen LogP contribution in [0.5, 0.6) is 0 Å². The number of carbonyl (C=O) groups is 1. The summed E-state index contributed by atoms with van der Waals surface area (Å²) < 4.78 is 54.9. The van der Waals surface area contributed by atoms with Gasteiger partial charge in [0.05, 0.1) is 17.3 Å². The summed E-state index contributed by atoms with van der Waals surface area (Å²) in [6, 6.07) is 3.24. The molecule has 1 aromatic heterocycles. The molecule has 1 aromatic carbocycles. The Labute approximate surface area is 188 Å². The standard InChI is InChI=1S/C22H23ClF4N4O/c1-11(13-3-2-4-14(18(13)24)19(25)26)29-20-15-7-12(8-16(15)30-21(23)31-20)5-6-17(32)22(27)9-28-10-22/h2-4,11-12,19,28H,5-10H2,1H3,(H,29,30,31)/t11-,12?/m1/s1. The quantitative estimate of drug-likeness (QED) is 0.430. The van der Waals surface area contributed by atoms with Crippen molar-refractivity contribution < 1.29 is 22.4 Å². The molecule has 0 bridgehead atoms. The van der Waals surface area contributed by atoms with Crippen LogP contribution in [0.2, 0.25) is 5.28 Å². The molecule has 32 heavy (non-hydrogen) atoms. The average molecular weight is 471 g/mol. The van der Waals surface area contributed by atoms with Gasteiger partial charge in [0.2, 0.25) is 5.28 Å². The Kier molecular flexibility index (Phi) is 6.40. The number of alkyl halides is 3. The zero-order valence-electron chi connectivity index (χ0n) is 17.4. The van der Waals surface area contributed by atoms with Crippen LogP contribution < -0.4 is 10.6 Å². The van der Waals surface area contributed by atoms with Gasteiger partial charge in [-0.2, -0.15) is 0 Å². The van der Waals surface area contributed by atoms with E-state index in [0.717, 1.165) is 17.3 Å². The van der Waals surface area contributed by atoms with Crippen LogP contribution in [0, 0.1) is 11.7 Å². The van der Waals surface area contributed by atoms with Gasteiger partial charge in [-0.3, -0.25) is 4.79 Å². The lowest BCUT2D eigenvalue weighted by Crippen LogP contribution is -2.61.